The highest BCUT2D eigenvalue weighted by atomic mass is 16.1. The fourth-order valence-electron chi connectivity index (χ4n) is 3.09. The molecule has 1 aromatic carbocycles. The van der Waals surface area contributed by atoms with Crippen LogP contribution in [0.1, 0.15) is 38.6 Å². The Morgan fingerprint density at radius 3 is 2.65 bits per heavy atom. The van der Waals surface area contributed by atoms with E-state index in [0.29, 0.717) is 16.9 Å². The van der Waals surface area contributed by atoms with Gasteiger partial charge in [0.1, 0.15) is 0 Å². The van der Waals surface area contributed by atoms with Crippen LogP contribution < -0.4 is 16.8 Å². The van der Waals surface area contributed by atoms with Crippen molar-refractivity contribution in [1.29, 1.82) is 0 Å². The molecule has 5 heteroatoms. The quantitative estimate of drug-likeness (QED) is 0.650. The summed E-state index contributed by atoms with van der Waals surface area (Å²) >= 11 is 0. The molecular formula is C15H20N4O. The lowest BCUT2D eigenvalue weighted by Gasteiger charge is -2.29. The Morgan fingerprint density at radius 1 is 1.25 bits per heavy atom. The van der Waals surface area contributed by atoms with Crippen LogP contribution in [0.15, 0.2) is 29.1 Å². The Morgan fingerprint density at radius 2 is 1.95 bits per heavy atom. The molecular weight excluding hydrogens is 252 g/mol. The van der Waals surface area contributed by atoms with Gasteiger partial charge in [0, 0.05) is 6.04 Å². The molecule has 1 aromatic heterocycles. The van der Waals surface area contributed by atoms with E-state index in [-0.39, 0.29) is 11.6 Å². The van der Waals surface area contributed by atoms with Crippen LogP contribution in [0.3, 0.4) is 0 Å². The van der Waals surface area contributed by atoms with E-state index in [2.05, 4.69) is 17.3 Å². The van der Waals surface area contributed by atoms with Crippen molar-refractivity contribution >= 4 is 16.9 Å². The van der Waals surface area contributed by atoms with Gasteiger partial charge in [-0.2, -0.15) is 0 Å². The van der Waals surface area contributed by atoms with Crippen LogP contribution in [0.5, 0.6) is 0 Å². The molecule has 1 heterocycles. The topological polar surface area (TPSA) is 72.9 Å². The van der Waals surface area contributed by atoms with Crippen LogP contribution in [-0.4, -0.2) is 9.55 Å². The fourth-order valence-corrected chi connectivity index (χ4v) is 3.09. The lowest BCUT2D eigenvalue weighted by Crippen LogP contribution is -2.32. The number of benzene rings is 1. The molecule has 3 rings (SSSR count). The summed E-state index contributed by atoms with van der Waals surface area (Å²) in [6.07, 6.45) is 4.31. The first-order valence-electron chi connectivity index (χ1n) is 7.18. The first-order chi connectivity index (χ1) is 9.70. The van der Waals surface area contributed by atoms with Crippen molar-refractivity contribution in [3.63, 3.8) is 0 Å². The molecule has 1 saturated carbocycles. The SMILES string of the molecule is CC1CCC(n2c(NN)nc3ccccc3c2=O)CC1. The number of hydrogen-bond acceptors (Lipinski definition) is 4. The number of rotatable bonds is 2. The van der Waals surface area contributed by atoms with Crippen molar-refractivity contribution in [3.8, 4) is 0 Å². The van der Waals surface area contributed by atoms with Crippen molar-refractivity contribution in [2.75, 3.05) is 5.43 Å². The molecule has 0 atom stereocenters. The zero-order valence-electron chi connectivity index (χ0n) is 11.7. The van der Waals surface area contributed by atoms with E-state index in [1.54, 1.807) is 4.57 Å². The zero-order valence-corrected chi connectivity index (χ0v) is 11.7. The second-order valence-corrected chi connectivity index (χ2v) is 5.69. The average molecular weight is 272 g/mol. The maximum absolute atomic E-state index is 12.7. The molecule has 1 aliphatic rings. The Balaban J connectivity index is 2.13. The summed E-state index contributed by atoms with van der Waals surface area (Å²) in [5.74, 6) is 6.78. The number of nitrogens with one attached hydrogen (secondary N) is 1. The monoisotopic (exact) mass is 272 g/mol. The van der Waals surface area contributed by atoms with E-state index in [1.165, 1.54) is 0 Å². The van der Waals surface area contributed by atoms with Crippen LogP contribution in [0.25, 0.3) is 10.9 Å². The molecule has 1 fully saturated rings. The number of nitrogen functional groups attached to an aromatic ring is 1. The first-order valence-corrected chi connectivity index (χ1v) is 7.18. The van der Waals surface area contributed by atoms with Gasteiger partial charge in [-0.3, -0.25) is 14.8 Å². The number of para-hydroxylation sites is 1. The minimum Gasteiger partial charge on any atom is -0.294 e. The standard InChI is InChI=1S/C15H20N4O/c1-10-6-8-11(9-7-10)19-14(20)12-4-2-3-5-13(12)17-15(19)18-16/h2-5,10-11H,6-9,16H2,1H3,(H,17,18). The van der Waals surface area contributed by atoms with Crippen LogP contribution in [0, 0.1) is 5.92 Å². The van der Waals surface area contributed by atoms with Gasteiger partial charge in [-0.15, -0.1) is 0 Å². The van der Waals surface area contributed by atoms with Crippen LogP contribution in [0.2, 0.25) is 0 Å². The second kappa shape index (κ2) is 5.25. The number of nitrogens with two attached hydrogens (primary N) is 1. The summed E-state index contributed by atoms with van der Waals surface area (Å²) in [6.45, 7) is 2.26. The first kappa shape index (κ1) is 13.1. The van der Waals surface area contributed by atoms with Gasteiger partial charge in [0.15, 0.2) is 0 Å². The molecule has 5 nitrogen and oxygen atoms in total. The fraction of sp³-hybridized carbons (Fsp3) is 0.467. The van der Waals surface area contributed by atoms with Gasteiger partial charge in [-0.1, -0.05) is 19.1 Å². The molecule has 0 radical (unpaired) electrons. The summed E-state index contributed by atoms with van der Waals surface area (Å²) in [7, 11) is 0. The van der Waals surface area contributed by atoms with Gasteiger partial charge in [0.25, 0.3) is 5.56 Å². The van der Waals surface area contributed by atoms with E-state index in [1.807, 2.05) is 24.3 Å². The molecule has 2 aromatic rings. The van der Waals surface area contributed by atoms with E-state index in [9.17, 15) is 4.79 Å². The molecule has 1 aliphatic carbocycles. The Hall–Kier alpha value is -1.88. The summed E-state index contributed by atoms with van der Waals surface area (Å²) in [4.78, 5) is 17.2. The number of aromatic nitrogens is 2. The van der Waals surface area contributed by atoms with Gasteiger partial charge >= 0.3 is 0 Å². The van der Waals surface area contributed by atoms with Crippen molar-refractivity contribution in [1.82, 2.24) is 9.55 Å². The normalized spacial score (nSPS) is 22.9. The molecule has 3 N–H and O–H groups in total. The Kier molecular flexibility index (Phi) is 3.44. The third kappa shape index (κ3) is 2.18. The maximum atomic E-state index is 12.7. The number of fused-ring (bicyclic) bond motifs is 1. The van der Waals surface area contributed by atoms with E-state index in [0.717, 1.165) is 31.6 Å². The predicted molar refractivity (Wildman–Crippen MR) is 80.5 cm³/mol. The maximum Gasteiger partial charge on any atom is 0.263 e. The second-order valence-electron chi connectivity index (χ2n) is 5.69. The lowest BCUT2D eigenvalue weighted by molar-refractivity contribution is 0.286. The van der Waals surface area contributed by atoms with E-state index in [4.69, 9.17) is 5.84 Å². The van der Waals surface area contributed by atoms with Crippen LogP contribution in [0.4, 0.5) is 5.95 Å². The molecule has 0 bridgehead atoms. The summed E-state index contributed by atoms with van der Waals surface area (Å²) in [6, 6.07) is 7.61. The van der Waals surface area contributed by atoms with Crippen LogP contribution >= 0.6 is 0 Å². The van der Waals surface area contributed by atoms with Gasteiger partial charge in [-0.05, 0) is 43.7 Å². The molecule has 0 saturated heterocycles. The van der Waals surface area contributed by atoms with Crippen molar-refractivity contribution < 1.29 is 0 Å². The zero-order chi connectivity index (χ0) is 14.1. The highest BCUT2D eigenvalue weighted by Crippen LogP contribution is 2.32. The Labute approximate surface area is 117 Å². The molecule has 0 aliphatic heterocycles. The highest BCUT2D eigenvalue weighted by molar-refractivity contribution is 5.78. The van der Waals surface area contributed by atoms with Crippen molar-refractivity contribution in [2.45, 2.75) is 38.6 Å². The van der Waals surface area contributed by atoms with Crippen LogP contribution in [-0.2, 0) is 0 Å². The largest absolute Gasteiger partial charge is 0.294 e. The van der Waals surface area contributed by atoms with E-state index >= 15 is 0 Å². The molecule has 106 valence electrons. The lowest BCUT2D eigenvalue weighted by atomic mass is 9.87. The molecule has 0 amide bonds. The minimum absolute atomic E-state index is 0.00287. The summed E-state index contributed by atoms with van der Waals surface area (Å²) in [5, 5.41) is 0.658. The average Bonchev–Trinajstić information content (AvgIpc) is 2.48. The molecule has 20 heavy (non-hydrogen) atoms. The van der Waals surface area contributed by atoms with Gasteiger partial charge in [0.2, 0.25) is 5.95 Å². The summed E-state index contributed by atoms with van der Waals surface area (Å²) in [5.41, 5.74) is 3.28. The number of hydrazine groups is 1. The molecule has 0 spiro atoms. The smallest absolute Gasteiger partial charge is 0.263 e. The predicted octanol–water partition coefficient (Wildman–Crippen LogP) is 2.43. The molecule has 0 unspecified atom stereocenters. The van der Waals surface area contributed by atoms with Crippen molar-refractivity contribution in [3.05, 3.63) is 34.6 Å². The van der Waals surface area contributed by atoms with Gasteiger partial charge < -0.3 is 0 Å². The highest BCUT2D eigenvalue weighted by Gasteiger charge is 2.23. The third-order valence-electron chi connectivity index (χ3n) is 4.29. The number of hydrogen-bond donors (Lipinski definition) is 2. The summed E-state index contributed by atoms with van der Waals surface area (Å²) < 4.78 is 1.74. The van der Waals surface area contributed by atoms with Crippen molar-refractivity contribution in [2.24, 2.45) is 11.8 Å². The minimum atomic E-state index is 0.00287. The van der Waals surface area contributed by atoms with Gasteiger partial charge in [0.05, 0.1) is 10.9 Å². The van der Waals surface area contributed by atoms with Gasteiger partial charge in [-0.25, -0.2) is 10.8 Å². The third-order valence-corrected chi connectivity index (χ3v) is 4.29. The Bertz CT molecular complexity index is 671. The number of anilines is 1. The number of nitrogens with zero attached hydrogens (tertiary/aromatic N) is 2. The van der Waals surface area contributed by atoms with E-state index < -0.39 is 0 Å².